The van der Waals surface area contributed by atoms with Crippen LogP contribution in [-0.2, 0) is 6.18 Å². The first kappa shape index (κ1) is 15.5. The summed E-state index contributed by atoms with van der Waals surface area (Å²) in [6.45, 7) is 5.75. The second-order valence-electron chi connectivity index (χ2n) is 4.93. The summed E-state index contributed by atoms with van der Waals surface area (Å²) in [4.78, 5) is 7.09. The molecule has 0 N–H and O–H groups in total. The van der Waals surface area contributed by atoms with Gasteiger partial charge in [0.1, 0.15) is 6.10 Å². The lowest BCUT2D eigenvalue weighted by Crippen LogP contribution is -2.16. The highest BCUT2D eigenvalue weighted by Crippen LogP contribution is 2.42. The molecular formula is C15H17F3N2O. The Hall–Kier alpha value is -1.85. The molecule has 0 radical (unpaired) electrons. The van der Waals surface area contributed by atoms with Crippen LogP contribution in [0.5, 0.6) is 5.75 Å². The molecule has 2 heterocycles. The number of rotatable bonds is 0. The maximum Gasteiger partial charge on any atom is 0.451 e. The third kappa shape index (κ3) is 3.09. The van der Waals surface area contributed by atoms with Gasteiger partial charge in [0.2, 0.25) is 5.82 Å². The molecule has 0 saturated heterocycles. The molecule has 2 aliphatic rings. The lowest BCUT2D eigenvalue weighted by atomic mass is 9.96. The Kier molecular flexibility index (Phi) is 4.34. The predicted octanol–water partition coefficient (Wildman–Crippen LogP) is 4.19. The minimum absolute atomic E-state index is 0.225. The van der Waals surface area contributed by atoms with Gasteiger partial charge < -0.3 is 4.74 Å². The second kappa shape index (κ2) is 5.87. The van der Waals surface area contributed by atoms with Crippen LogP contribution in [0.4, 0.5) is 13.2 Å². The summed E-state index contributed by atoms with van der Waals surface area (Å²) in [7, 11) is 0. The average Bonchev–Trinajstić information content (AvgIpc) is 2.78. The molecule has 1 aliphatic heterocycles. The summed E-state index contributed by atoms with van der Waals surface area (Å²) in [5, 5.41) is 0. The zero-order valence-electron chi connectivity index (χ0n) is 12.1. The van der Waals surface area contributed by atoms with Crippen molar-refractivity contribution < 1.29 is 17.9 Å². The summed E-state index contributed by atoms with van der Waals surface area (Å²) in [5.74, 6) is -0.993. The smallest absolute Gasteiger partial charge is 0.451 e. The van der Waals surface area contributed by atoms with Crippen molar-refractivity contribution in [2.75, 3.05) is 0 Å². The van der Waals surface area contributed by atoms with Crippen LogP contribution in [0.15, 0.2) is 24.3 Å². The van der Waals surface area contributed by atoms with E-state index in [-0.39, 0.29) is 17.7 Å². The van der Waals surface area contributed by atoms with Crippen LogP contribution >= 0.6 is 0 Å². The Labute approximate surface area is 121 Å². The molecule has 1 aromatic heterocycles. The van der Waals surface area contributed by atoms with Gasteiger partial charge in [-0.2, -0.15) is 13.2 Å². The van der Waals surface area contributed by atoms with E-state index in [0.29, 0.717) is 11.4 Å². The van der Waals surface area contributed by atoms with Crippen molar-refractivity contribution in [3.8, 4) is 5.75 Å². The SMILES string of the molecule is CCC.Cc1nc(C(F)(F)F)nc2c1OC1C=CC=CC21. The van der Waals surface area contributed by atoms with E-state index in [1.807, 2.05) is 0 Å². The van der Waals surface area contributed by atoms with Gasteiger partial charge >= 0.3 is 6.18 Å². The number of alkyl halides is 3. The van der Waals surface area contributed by atoms with Gasteiger partial charge in [0.25, 0.3) is 0 Å². The number of ether oxygens (including phenoxy) is 1. The third-order valence-corrected chi connectivity index (χ3v) is 2.97. The normalized spacial score (nSPS) is 22.0. The molecule has 1 aromatic rings. The molecular weight excluding hydrogens is 281 g/mol. The molecule has 6 heteroatoms. The predicted molar refractivity (Wildman–Crippen MR) is 73.2 cm³/mol. The average molecular weight is 298 g/mol. The van der Waals surface area contributed by atoms with Gasteiger partial charge in [-0.25, -0.2) is 9.97 Å². The summed E-state index contributed by atoms with van der Waals surface area (Å²) in [5.41, 5.74) is 0.545. The van der Waals surface area contributed by atoms with Crippen molar-refractivity contribution in [3.63, 3.8) is 0 Å². The molecule has 114 valence electrons. The van der Waals surface area contributed by atoms with E-state index in [1.54, 1.807) is 24.3 Å². The fourth-order valence-corrected chi connectivity index (χ4v) is 2.17. The van der Waals surface area contributed by atoms with Crippen molar-refractivity contribution >= 4 is 0 Å². The quantitative estimate of drug-likeness (QED) is 0.720. The fourth-order valence-electron chi connectivity index (χ4n) is 2.17. The topological polar surface area (TPSA) is 35.0 Å². The minimum Gasteiger partial charge on any atom is -0.481 e. The van der Waals surface area contributed by atoms with Crippen LogP contribution in [0, 0.1) is 6.92 Å². The fraction of sp³-hybridized carbons (Fsp3) is 0.467. The van der Waals surface area contributed by atoms with Gasteiger partial charge in [0.05, 0.1) is 17.3 Å². The van der Waals surface area contributed by atoms with Crippen LogP contribution in [0.25, 0.3) is 0 Å². The number of hydrogen-bond acceptors (Lipinski definition) is 3. The number of allylic oxidation sites excluding steroid dienone is 2. The Bertz CT molecular complexity index is 579. The second-order valence-corrected chi connectivity index (χ2v) is 4.93. The van der Waals surface area contributed by atoms with Gasteiger partial charge in [0, 0.05) is 0 Å². The van der Waals surface area contributed by atoms with Crippen LogP contribution < -0.4 is 4.74 Å². The van der Waals surface area contributed by atoms with E-state index >= 15 is 0 Å². The molecule has 0 amide bonds. The molecule has 3 nitrogen and oxygen atoms in total. The van der Waals surface area contributed by atoms with Gasteiger partial charge in [0.15, 0.2) is 5.75 Å². The maximum absolute atomic E-state index is 12.7. The van der Waals surface area contributed by atoms with Gasteiger partial charge in [-0.3, -0.25) is 0 Å². The van der Waals surface area contributed by atoms with Crippen LogP contribution in [0.3, 0.4) is 0 Å². The Morgan fingerprint density at radius 3 is 2.38 bits per heavy atom. The molecule has 3 rings (SSSR count). The summed E-state index contributed by atoms with van der Waals surface area (Å²) in [6, 6.07) is 0. The maximum atomic E-state index is 12.7. The molecule has 0 spiro atoms. The van der Waals surface area contributed by atoms with E-state index in [0.717, 1.165) is 0 Å². The monoisotopic (exact) mass is 298 g/mol. The zero-order valence-corrected chi connectivity index (χ0v) is 12.1. The highest BCUT2D eigenvalue weighted by atomic mass is 19.4. The first-order valence-corrected chi connectivity index (χ1v) is 6.85. The van der Waals surface area contributed by atoms with Gasteiger partial charge in [-0.05, 0) is 13.0 Å². The van der Waals surface area contributed by atoms with Crippen LogP contribution in [0.2, 0.25) is 0 Å². The zero-order chi connectivity index (χ0) is 15.6. The third-order valence-electron chi connectivity index (χ3n) is 2.97. The molecule has 0 fully saturated rings. The van der Waals surface area contributed by atoms with E-state index in [1.165, 1.54) is 13.3 Å². The molecule has 0 saturated carbocycles. The molecule has 2 unspecified atom stereocenters. The summed E-state index contributed by atoms with van der Waals surface area (Å²) in [6.07, 6.45) is 3.63. The molecule has 0 bridgehead atoms. The van der Waals surface area contributed by atoms with Crippen molar-refractivity contribution in [2.45, 2.75) is 45.4 Å². The highest BCUT2D eigenvalue weighted by molar-refractivity contribution is 5.45. The van der Waals surface area contributed by atoms with Crippen molar-refractivity contribution in [1.82, 2.24) is 9.97 Å². The minimum atomic E-state index is -4.54. The summed E-state index contributed by atoms with van der Waals surface area (Å²) < 4.78 is 43.6. The Morgan fingerprint density at radius 1 is 1.14 bits per heavy atom. The van der Waals surface area contributed by atoms with E-state index in [2.05, 4.69) is 23.8 Å². The number of nitrogens with zero attached hydrogens (tertiary/aromatic N) is 2. The van der Waals surface area contributed by atoms with Gasteiger partial charge in [-0.15, -0.1) is 0 Å². The van der Waals surface area contributed by atoms with Crippen LogP contribution in [-0.4, -0.2) is 16.1 Å². The number of halogens is 3. The number of aromatic nitrogens is 2. The van der Waals surface area contributed by atoms with E-state index in [9.17, 15) is 13.2 Å². The molecule has 2 atom stereocenters. The Morgan fingerprint density at radius 2 is 1.76 bits per heavy atom. The van der Waals surface area contributed by atoms with Crippen molar-refractivity contribution in [3.05, 3.63) is 41.5 Å². The number of fused-ring (bicyclic) bond motifs is 3. The lowest BCUT2D eigenvalue weighted by Gasteiger charge is -2.13. The van der Waals surface area contributed by atoms with Crippen molar-refractivity contribution in [1.29, 1.82) is 0 Å². The lowest BCUT2D eigenvalue weighted by molar-refractivity contribution is -0.145. The summed E-state index contributed by atoms with van der Waals surface area (Å²) >= 11 is 0. The van der Waals surface area contributed by atoms with Gasteiger partial charge in [-0.1, -0.05) is 38.5 Å². The van der Waals surface area contributed by atoms with Crippen LogP contribution in [0.1, 0.15) is 43.4 Å². The van der Waals surface area contributed by atoms with E-state index < -0.39 is 12.0 Å². The van der Waals surface area contributed by atoms with E-state index in [4.69, 9.17) is 4.74 Å². The largest absolute Gasteiger partial charge is 0.481 e. The number of hydrogen-bond donors (Lipinski definition) is 0. The Balaban J connectivity index is 0.000000497. The molecule has 1 aliphatic carbocycles. The highest BCUT2D eigenvalue weighted by Gasteiger charge is 2.41. The molecule has 21 heavy (non-hydrogen) atoms. The number of aryl methyl sites for hydroxylation is 1. The standard InChI is InChI=1S/C12H9F3N2O.C3H8/c1-6-10-9(17-11(16-6)12(13,14)15)7-4-2-3-5-8(7)18-10;1-3-2/h2-5,7-8H,1H3;3H2,1-2H3. The van der Waals surface area contributed by atoms with Crippen molar-refractivity contribution in [2.24, 2.45) is 0 Å². The first-order chi connectivity index (χ1) is 9.88. The molecule has 0 aromatic carbocycles. The first-order valence-electron chi connectivity index (χ1n) is 6.85.